The molecule has 3 nitrogen and oxygen atoms in total. The Labute approximate surface area is 112 Å². The van der Waals surface area contributed by atoms with Gasteiger partial charge in [-0.2, -0.15) is 8.42 Å². The molecule has 0 aliphatic carbocycles. The van der Waals surface area contributed by atoms with Crippen molar-refractivity contribution in [2.24, 2.45) is 0 Å². The van der Waals surface area contributed by atoms with Crippen molar-refractivity contribution in [3.8, 4) is 5.75 Å². The zero-order valence-corrected chi connectivity index (χ0v) is 8.33. The Morgan fingerprint density at radius 2 is 1.67 bits per heavy atom. The summed E-state index contributed by atoms with van der Waals surface area (Å²) in [6.45, 7) is 6.71. The van der Waals surface area contributed by atoms with Gasteiger partial charge in [-0.25, -0.2) is 0 Å². The SMILES string of the molecule is C=Cc1ccc(OS(=O)(=O)C=C)cc1.[NaH]. The summed E-state index contributed by atoms with van der Waals surface area (Å²) in [6, 6.07) is 6.53. The summed E-state index contributed by atoms with van der Waals surface area (Å²) in [5.74, 6) is 0.260. The predicted octanol–water partition coefficient (Wildman–Crippen LogP) is 1.53. The Kier molecular flexibility index (Phi) is 5.90. The van der Waals surface area contributed by atoms with Crippen LogP contribution in [0, 0.1) is 0 Å². The standard InChI is InChI=1S/C10H10O3S.Na.H/c1-3-9-5-7-10(8-6-9)13-14(11,12)4-2;;/h3-8H,1-2H2;;. The first-order valence-electron chi connectivity index (χ1n) is 3.87. The third-order valence-corrected chi connectivity index (χ3v) is 2.37. The van der Waals surface area contributed by atoms with Crippen molar-refractivity contribution >= 4 is 45.8 Å². The Hall–Kier alpha value is -0.550. The summed E-state index contributed by atoms with van der Waals surface area (Å²) >= 11 is 0. The average Bonchev–Trinajstić information content (AvgIpc) is 2.19. The molecule has 1 aromatic rings. The first kappa shape index (κ1) is 14.5. The van der Waals surface area contributed by atoms with Gasteiger partial charge in [0.1, 0.15) is 5.75 Å². The maximum atomic E-state index is 11.0. The van der Waals surface area contributed by atoms with E-state index in [0.717, 1.165) is 11.0 Å². The molecule has 0 fully saturated rings. The van der Waals surface area contributed by atoms with Crippen LogP contribution in [0.4, 0.5) is 0 Å². The zero-order chi connectivity index (χ0) is 10.6. The number of hydrogen-bond acceptors (Lipinski definition) is 3. The van der Waals surface area contributed by atoms with Gasteiger partial charge in [-0.05, 0) is 17.7 Å². The van der Waals surface area contributed by atoms with Crippen LogP contribution < -0.4 is 4.18 Å². The van der Waals surface area contributed by atoms with E-state index >= 15 is 0 Å². The Morgan fingerprint density at radius 1 is 1.13 bits per heavy atom. The van der Waals surface area contributed by atoms with Crippen molar-refractivity contribution in [1.29, 1.82) is 0 Å². The first-order valence-corrected chi connectivity index (χ1v) is 5.34. The molecule has 15 heavy (non-hydrogen) atoms. The van der Waals surface area contributed by atoms with Gasteiger partial charge < -0.3 is 4.18 Å². The minimum absolute atomic E-state index is 0. The monoisotopic (exact) mass is 234 g/mol. The predicted molar refractivity (Wildman–Crippen MR) is 63.4 cm³/mol. The van der Waals surface area contributed by atoms with Crippen molar-refractivity contribution in [3.63, 3.8) is 0 Å². The molecule has 0 atom stereocenters. The van der Waals surface area contributed by atoms with E-state index in [-0.39, 0.29) is 35.3 Å². The molecule has 0 aliphatic rings. The van der Waals surface area contributed by atoms with Crippen LogP contribution in [0.25, 0.3) is 6.08 Å². The van der Waals surface area contributed by atoms with E-state index in [2.05, 4.69) is 17.3 Å². The molecule has 0 aromatic heterocycles. The van der Waals surface area contributed by atoms with E-state index in [1.165, 1.54) is 0 Å². The van der Waals surface area contributed by atoms with Crippen molar-refractivity contribution in [1.82, 2.24) is 0 Å². The van der Waals surface area contributed by atoms with Gasteiger partial charge in [0, 0.05) is 0 Å². The molecule has 1 rings (SSSR count). The third kappa shape index (κ3) is 4.66. The van der Waals surface area contributed by atoms with Gasteiger partial charge in [-0.3, -0.25) is 0 Å². The second-order valence-electron chi connectivity index (χ2n) is 2.52. The summed E-state index contributed by atoms with van der Waals surface area (Å²) in [4.78, 5) is 0. The summed E-state index contributed by atoms with van der Waals surface area (Å²) < 4.78 is 26.6. The summed E-state index contributed by atoms with van der Waals surface area (Å²) in [6.07, 6.45) is 1.66. The Balaban J connectivity index is 0.00000196. The second-order valence-corrected chi connectivity index (χ2v) is 4.00. The van der Waals surface area contributed by atoms with Crippen molar-refractivity contribution in [2.75, 3.05) is 0 Å². The van der Waals surface area contributed by atoms with Crippen LogP contribution >= 0.6 is 0 Å². The minimum atomic E-state index is -3.65. The van der Waals surface area contributed by atoms with E-state index < -0.39 is 10.1 Å². The molecular weight excluding hydrogens is 223 g/mol. The fraction of sp³-hybridized carbons (Fsp3) is 0. The molecule has 0 unspecified atom stereocenters. The van der Waals surface area contributed by atoms with Crippen molar-refractivity contribution in [2.45, 2.75) is 0 Å². The molecule has 0 heterocycles. The first-order chi connectivity index (χ1) is 6.57. The van der Waals surface area contributed by atoms with Crippen LogP contribution in [0.5, 0.6) is 5.75 Å². The molecule has 0 spiro atoms. The summed E-state index contributed by atoms with van der Waals surface area (Å²) in [5.41, 5.74) is 0.897. The van der Waals surface area contributed by atoms with Crippen LogP contribution in [0.15, 0.2) is 42.8 Å². The number of rotatable bonds is 4. The molecule has 0 radical (unpaired) electrons. The van der Waals surface area contributed by atoms with Gasteiger partial charge >= 0.3 is 39.7 Å². The van der Waals surface area contributed by atoms with Gasteiger partial charge in [0.15, 0.2) is 0 Å². The van der Waals surface area contributed by atoms with Crippen LogP contribution in [-0.2, 0) is 10.1 Å². The normalized spacial score (nSPS) is 9.87. The quantitative estimate of drug-likeness (QED) is 0.586. The van der Waals surface area contributed by atoms with Gasteiger partial charge in [0.25, 0.3) is 0 Å². The third-order valence-electron chi connectivity index (χ3n) is 1.53. The van der Waals surface area contributed by atoms with E-state index in [1.54, 1.807) is 30.3 Å². The fourth-order valence-electron chi connectivity index (χ4n) is 0.828. The maximum absolute atomic E-state index is 11.0. The Morgan fingerprint density at radius 3 is 2.07 bits per heavy atom. The Bertz CT molecular complexity index is 434. The van der Waals surface area contributed by atoms with Gasteiger partial charge in [-0.15, -0.1) is 0 Å². The van der Waals surface area contributed by atoms with Crippen LogP contribution in [0.2, 0.25) is 0 Å². The summed E-state index contributed by atoms with van der Waals surface area (Å²) in [5, 5.41) is 0.758. The van der Waals surface area contributed by atoms with Gasteiger partial charge in [-0.1, -0.05) is 31.4 Å². The van der Waals surface area contributed by atoms with E-state index in [1.807, 2.05) is 0 Å². The van der Waals surface area contributed by atoms with Gasteiger partial charge in [0.05, 0.1) is 5.41 Å². The van der Waals surface area contributed by atoms with Crippen molar-refractivity contribution < 1.29 is 12.6 Å². The second kappa shape index (κ2) is 6.12. The number of benzene rings is 1. The molecule has 0 bridgehead atoms. The summed E-state index contributed by atoms with van der Waals surface area (Å²) in [7, 11) is -3.65. The molecular formula is C10H11NaO3S. The molecule has 0 amide bonds. The van der Waals surface area contributed by atoms with Crippen LogP contribution in [-0.4, -0.2) is 38.0 Å². The molecule has 76 valence electrons. The fourth-order valence-corrected chi connectivity index (χ4v) is 1.28. The topological polar surface area (TPSA) is 43.4 Å². The zero-order valence-electron chi connectivity index (χ0n) is 7.51. The molecule has 0 N–H and O–H groups in total. The number of hydrogen-bond donors (Lipinski definition) is 0. The van der Waals surface area contributed by atoms with Gasteiger partial charge in [0.2, 0.25) is 0 Å². The molecule has 5 heteroatoms. The van der Waals surface area contributed by atoms with Crippen molar-refractivity contribution in [3.05, 3.63) is 48.4 Å². The average molecular weight is 234 g/mol. The molecule has 0 saturated carbocycles. The molecule has 0 aliphatic heterocycles. The van der Waals surface area contributed by atoms with E-state index in [0.29, 0.717) is 0 Å². The van der Waals surface area contributed by atoms with Crippen LogP contribution in [0.1, 0.15) is 5.56 Å². The molecule has 0 saturated heterocycles. The van der Waals surface area contributed by atoms with E-state index in [9.17, 15) is 8.42 Å². The van der Waals surface area contributed by atoms with Crippen LogP contribution in [0.3, 0.4) is 0 Å². The van der Waals surface area contributed by atoms with E-state index in [4.69, 9.17) is 0 Å². The molecule has 1 aromatic carbocycles.